The van der Waals surface area contributed by atoms with Crippen molar-refractivity contribution in [1.29, 1.82) is 0 Å². The monoisotopic (exact) mass is 112 g/mol. The van der Waals surface area contributed by atoms with Crippen LogP contribution in [0.1, 0.15) is 26.2 Å². The fourth-order valence-corrected chi connectivity index (χ4v) is 0.773. The van der Waals surface area contributed by atoms with E-state index in [2.05, 4.69) is 6.58 Å². The van der Waals surface area contributed by atoms with Gasteiger partial charge in [-0.15, -0.1) is 0 Å². The molecule has 0 N–H and O–H groups in total. The molecule has 1 heteroatoms. The van der Waals surface area contributed by atoms with Gasteiger partial charge >= 0.3 is 0 Å². The summed E-state index contributed by atoms with van der Waals surface area (Å²) in [5, 5.41) is 0. The Morgan fingerprint density at radius 3 is 2.38 bits per heavy atom. The van der Waals surface area contributed by atoms with E-state index in [4.69, 9.17) is 4.74 Å². The molecule has 1 saturated carbocycles. The van der Waals surface area contributed by atoms with Gasteiger partial charge in [-0.3, -0.25) is 0 Å². The molecule has 0 aliphatic heterocycles. The first-order chi connectivity index (χ1) is 3.79. The van der Waals surface area contributed by atoms with Gasteiger partial charge in [0.25, 0.3) is 0 Å². The third-order valence-corrected chi connectivity index (χ3v) is 1.42. The van der Waals surface area contributed by atoms with E-state index in [9.17, 15) is 0 Å². The molecule has 8 heavy (non-hydrogen) atoms. The van der Waals surface area contributed by atoms with Crippen LogP contribution in [0.15, 0.2) is 12.3 Å². The van der Waals surface area contributed by atoms with Crippen molar-refractivity contribution >= 4 is 0 Å². The zero-order valence-corrected chi connectivity index (χ0v) is 5.31. The highest BCUT2D eigenvalue weighted by Crippen LogP contribution is 2.23. The molecule has 0 amide bonds. The number of allylic oxidation sites excluding steroid dienone is 1. The van der Waals surface area contributed by atoms with E-state index in [-0.39, 0.29) is 0 Å². The Kier molecular flexibility index (Phi) is 1.56. The lowest BCUT2D eigenvalue weighted by atomic mass is 9.96. The summed E-state index contributed by atoms with van der Waals surface area (Å²) in [6.07, 6.45) is 4.30. The Labute approximate surface area is 50.3 Å². The van der Waals surface area contributed by atoms with Crippen LogP contribution in [-0.4, -0.2) is 6.10 Å². The lowest BCUT2D eigenvalue weighted by Crippen LogP contribution is -2.20. The third-order valence-electron chi connectivity index (χ3n) is 1.42. The maximum Gasteiger partial charge on any atom is 0.0982 e. The molecule has 0 saturated heterocycles. The van der Waals surface area contributed by atoms with Gasteiger partial charge in [0.1, 0.15) is 0 Å². The van der Waals surface area contributed by atoms with E-state index < -0.39 is 0 Å². The van der Waals surface area contributed by atoms with Gasteiger partial charge in [0.2, 0.25) is 0 Å². The Bertz CT molecular complexity index is 92.6. The zero-order valence-electron chi connectivity index (χ0n) is 5.31. The van der Waals surface area contributed by atoms with E-state index in [1.807, 2.05) is 6.92 Å². The number of hydrogen-bond acceptors (Lipinski definition) is 1. The van der Waals surface area contributed by atoms with Crippen molar-refractivity contribution in [2.24, 2.45) is 0 Å². The highest BCUT2D eigenvalue weighted by atomic mass is 16.5. The van der Waals surface area contributed by atoms with E-state index in [1.54, 1.807) is 0 Å². The van der Waals surface area contributed by atoms with Gasteiger partial charge in [0, 0.05) is 0 Å². The molecule has 0 spiro atoms. The second-order valence-electron chi connectivity index (χ2n) is 2.37. The first kappa shape index (κ1) is 5.67. The van der Waals surface area contributed by atoms with Crippen LogP contribution in [0.25, 0.3) is 0 Å². The molecule has 1 nitrogen and oxygen atoms in total. The van der Waals surface area contributed by atoms with E-state index in [0.29, 0.717) is 6.10 Å². The fraction of sp³-hybridized carbons (Fsp3) is 0.714. The molecule has 0 bridgehead atoms. The highest BCUT2D eigenvalue weighted by Gasteiger charge is 2.17. The normalized spacial score (nSPS) is 19.6. The Morgan fingerprint density at radius 2 is 2.25 bits per heavy atom. The maximum absolute atomic E-state index is 5.29. The second kappa shape index (κ2) is 2.21. The molecule has 1 aliphatic rings. The summed E-state index contributed by atoms with van der Waals surface area (Å²) in [6, 6.07) is 0. The second-order valence-corrected chi connectivity index (χ2v) is 2.37. The van der Waals surface area contributed by atoms with Gasteiger partial charge in [-0.25, -0.2) is 0 Å². The molecule has 0 aromatic rings. The molecule has 0 atom stereocenters. The van der Waals surface area contributed by atoms with E-state index in [0.717, 1.165) is 5.76 Å². The summed E-state index contributed by atoms with van der Waals surface area (Å²) in [6.45, 7) is 5.56. The first-order valence-electron chi connectivity index (χ1n) is 3.11. The van der Waals surface area contributed by atoms with Crippen molar-refractivity contribution in [2.45, 2.75) is 32.3 Å². The number of hydrogen-bond donors (Lipinski definition) is 0. The van der Waals surface area contributed by atoms with Crippen LogP contribution in [0, 0.1) is 0 Å². The van der Waals surface area contributed by atoms with Crippen molar-refractivity contribution in [3.8, 4) is 0 Å². The van der Waals surface area contributed by atoms with Gasteiger partial charge in [-0.2, -0.15) is 0 Å². The van der Waals surface area contributed by atoms with Crippen molar-refractivity contribution in [2.75, 3.05) is 0 Å². The minimum Gasteiger partial charge on any atom is -0.496 e. The van der Waals surface area contributed by atoms with Crippen LogP contribution in [0.4, 0.5) is 0 Å². The minimum atomic E-state index is 0.507. The van der Waals surface area contributed by atoms with Crippen LogP contribution >= 0.6 is 0 Å². The number of ether oxygens (including phenoxy) is 1. The molecule has 46 valence electrons. The fourth-order valence-electron chi connectivity index (χ4n) is 0.773. The largest absolute Gasteiger partial charge is 0.496 e. The van der Waals surface area contributed by atoms with Gasteiger partial charge < -0.3 is 4.74 Å². The molecule has 0 radical (unpaired) electrons. The van der Waals surface area contributed by atoms with E-state index in [1.165, 1.54) is 19.3 Å². The van der Waals surface area contributed by atoms with Gasteiger partial charge in [-0.05, 0) is 26.2 Å². The van der Waals surface area contributed by atoms with Crippen molar-refractivity contribution in [3.63, 3.8) is 0 Å². The third kappa shape index (κ3) is 1.25. The summed E-state index contributed by atoms with van der Waals surface area (Å²) >= 11 is 0. The molecular formula is C7H12O. The Balaban J connectivity index is 2.09. The van der Waals surface area contributed by atoms with Crippen molar-refractivity contribution in [1.82, 2.24) is 0 Å². The topological polar surface area (TPSA) is 9.23 Å². The summed E-state index contributed by atoms with van der Waals surface area (Å²) in [5.74, 6) is 0.856. The van der Waals surface area contributed by atoms with Crippen LogP contribution in [0.3, 0.4) is 0 Å². The number of rotatable bonds is 2. The molecule has 1 aliphatic carbocycles. The standard InChI is InChI=1S/C7H12O/c1-6(2)8-7-4-3-5-7/h7H,1,3-5H2,2H3. The van der Waals surface area contributed by atoms with E-state index >= 15 is 0 Å². The SMILES string of the molecule is C=C(C)OC1CCC1. The summed E-state index contributed by atoms with van der Waals surface area (Å²) < 4.78 is 5.29. The van der Waals surface area contributed by atoms with Gasteiger partial charge in [0.05, 0.1) is 11.9 Å². The molecule has 0 heterocycles. The summed E-state index contributed by atoms with van der Waals surface area (Å²) in [7, 11) is 0. The van der Waals surface area contributed by atoms with Crippen LogP contribution in [-0.2, 0) is 4.74 Å². The molecular weight excluding hydrogens is 100 g/mol. The van der Waals surface area contributed by atoms with Crippen LogP contribution in [0.5, 0.6) is 0 Å². The Hall–Kier alpha value is -0.460. The molecule has 1 fully saturated rings. The predicted octanol–water partition coefficient (Wildman–Crippen LogP) is 2.09. The molecule has 1 rings (SSSR count). The molecule has 0 aromatic carbocycles. The molecule has 0 unspecified atom stereocenters. The van der Waals surface area contributed by atoms with Crippen molar-refractivity contribution in [3.05, 3.63) is 12.3 Å². The zero-order chi connectivity index (χ0) is 5.98. The highest BCUT2D eigenvalue weighted by molar-refractivity contribution is 4.80. The van der Waals surface area contributed by atoms with Crippen LogP contribution in [0.2, 0.25) is 0 Å². The minimum absolute atomic E-state index is 0.507. The van der Waals surface area contributed by atoms with Gasteiger partial charge in [-0.1, -0.05) is 6.58 Å². The molecule has 0 aromatic heterocycles. The smallest absolute Gasteiger partial charge is 0.0982 e. The average Bonchev–Trinajstić information content (AvgIpc) is 1.55. The summed E-state index contributed by atoms with van der Waals surface area (Å²) in [5.41, 5.74) is 0. The lowest BCUT2D eigenvalue weighted by Gasteiger charge is -2.26. The maximum atomic E-state index is 5.29. The average molecular weight is 112 g/mol. The summed E-state index contributed by atoms with van der Waals surface area (Å²) in [4.78, 5) is 0. The first-order valence-corrected chi connectivity index (χ1v) is 3.11. The van der Waals surface area contributed by atoms with Crippen molar-refractivity contribution < 1.29 is 4.74 Å². The predicted molar refractivity (Wildman–Crippen MR) is 33.5 cm³/mol. The lowest BCUT2D eigenvalue weighted by molar-refractivity contribution is 0.0542. The van der Waals surface area contributed by atoms with Gasteiger partial charge in [0.15, 0.2) is 0 Å². The quantitative estimate of drug-likeness (QED) is 0.497. The van der Waals surface area contributed by atoms with Crippen LogP contribution < -0.4 is 0 Å². The Morgan fingerprint density at radius 1 is 1.62 bits per heavy atom.